The average molecular weight is 193 g/mol. The highest BCUT2D eigenvalue weighted by Gasteiger charge is 2.18. The van der Waals surface area contributed by atoms with Crippen LogP contribution >= 0.6 is 0 Å². The summed E-state index contributed by atoms with van der Waals surface area (Å²) in [5.74, 6) is 1.54. The van der Waals surface area contributed by atoms with Crippen LogP contribution in [0.15, 0.2) is 17.3 Å². The lowest BCUT2D eigenvalue weighted by Gasteiger charge is -2.08. The van der Waals surface area contributed by atoms with Crippen molar-refractivity contribution >= 4 is 5.69 Å². The van der Waals surface area contributed by atoms with Crippen LogP contribution in [0.3, 0.4) is 0 Å². The van der Waals surface area contributed by atoms with Gasteiger partial charge in [0.1, 0.15) is 5.69 Å². The summed E-state index contributed by atoms with van der Waals surface area (Å²) in [6.07, 6.45) is 0. The van der Waals surface area contributed by atoms with Gasteiger partial charge in [0.2, 0.25) is 6.79 Å². The normalized spacial score (nSPS) is 13.4. The summed E-state index contributed by atoms with van der Waals surface area (Å²) in [6.45, 7) is 4.23. The Morgan fingerprint density at radius 3 is 2.50 bits per heavy atom. The summed E-state index contributed by atoms with van der Waals surface area (Å²) >= 11 is 0. The van der Waals surface area contributed by atoms with Crippen molar-refractivity contribution in [1.82, 2.24) is 0 Å². The Bertz CT molecular complexity index is 374. The minimum absolute atomic E-state index is 0.217. The summed E-state index contributed by atoms with van der Waals surface area (Å²) in [4.78, 5) is 10.6. The Balaban J connectivity index is 2.54. The van der Waals surface area contributed by atoms with E-state index in [0.29, 0.717) is 17.2 Å². The van der Waals surface area contributed by atoms with E-state index in [2.05, 4.69) is 5.18 Å². The number of benzene rings is 1. The van der Waals surface area contributed by atoms with Gasteiger partial charge in [-0.15, -0.1) is 4.91 Å². The van der Waals surface area contributed by atoms with Crippen LogP contribution in [0, 0.1) is 4.91 Å². The highest BCUT2D eigenvalue weighted by molar-refractivity contribution is 5.59. The lowest BCUT2D eigenvalue weighted by atomic mass is 10.0. The van der Waals surface area contributed by atoms with Crippen LogP contribution in [-0.4, -0.2) is 6.79 Å². The van der Waals surface area contributed by atoms with E-state index in [9.17, 15) is 4.91 Å². The van der Waals surface area contributed by atoms with E-state index in [0.717, 1.165) is 5.56 Å². The summed E-state index contributed by atoms with van der Waals surface area (Å²) in [6, 6.07) is 3.45. The van der Waals surface area contributed by atoms with Crippen LogP contribution in [0.4, 0.5) is 5.69 Å². The first-order valence-electron chi connectivity index (χ1n) is 4.49. The van der Waals surface area contributed by atoms with Gasteiger partial charge in [0.25, 0.3) is 0 Å². The van der Waals surface area contributed by atoms with Crippen molar-refractivity contribution in [3.8, 4) is 11.5 Å². The minimum atomic E-state index is 0.217. The van der Waals surface area contributed by atoms with E-state index in [1.807, 2.05) is 19.9 Å². The van der Waals surface area contributed by atoms with Crippen molar-refractivity contribution in [1.29, 1.82) is 0 Å². The zero-order valence-corrected chi connectivity index (χ0v) is 8.11. The molecule has 4 heteroatoms. The Morgan fingerprint density at radius 2 is 1.93 bits per heavy atom. The van der Waals surface area contributed by atoms with Crippen LogP contribution < -0.4 is 9.47 Å². The molecule has 0 spiro atoms. The molecule has 0 bridgehead atoms. The van der Waals surface area contributed by atoms with Gasteiger partial charge in [0.15, 0.2) is 11.5 Å². The number of nitroso groups, excluding NO2 is 1. The Hall–Kier alpha value is -1.58. The number of hydrogen-bond acceptors (Lipinski definition) is 4. The van der Waals surface area contributed by atoms with Crippen molar-refractivity contribution in [2.75, 3.05) is 6.79 Å². The second kappa shape index (κ2) is 3.29. The molecule has 0 atom stereocenters. The van der Waals surface area contributed by atoms with Gasteiger partial charge in [-0.3, -0.25) is 0 Å². The molecule has 74 valence electrons. The van der Waals surface area contributed by atoms with Gasteiger partial charge in [0.05, 0.1) is 0 Å². The highest BCUT2D eigenvalue weighted by Crippen LogP contribution is 2.40. The summed E-state index contributed by atoms with van der Waals surface area (Å²) in [5.41, 5.74) is 1.33. The lowest BCUT2D eigenvalue weighted by molar-refractivity contribution is 0.174. The maximum Gasteiger partial charge on any atom is 0.231 e. The van der Waals surface area contributed by atoms with Crippen molar-refractivity contribution in [3.05, 3.63) is 22.6 Å². The number of nitrogens with zero attached hydrogens (tertiary/aromatic N) is 1. The molecule has 14 heavy (non-hydrogen) atoms. The molecular weight excluding hydrogens is 182 g/mol. The molecule has 0 unspecified atom stereocenters. The molecular formula is C10H11NO3. The SMILES string of the molecule is CC(C)c1cc2c(cc1N=O)OCO2. The number of rotatable bonds is 2. The molecule has 0 N–H and O–H groups in total. The molecule has 1 aromatic rings. The van der Waals surface area contributed by atoms with Gasteiger partial charge in [0, 0.05) is 6.07 Å². The lowest BCUT2D eigenvalue weighted by Crippen LogP contribution is -1.93. The first-order valence-corrected chi connectivity index (χ1v) is 4.49. The van der Waals surface area contributed by atoms with Gasteiger partial charge in [-0.05, 0) is 22.7 Å². The van der Waals surface area contributed by atoms with Gasteiger partial charge in [-0.25, -0.2) is 0 Å². The van der Waals surface area contributed by atoms with Crippen molar-refractivity contribution in [3.63, 3.8) is 0 Å². The van der Waals surface area contributed by atoms with Crippen LogP contribution in [-0.2, 0) is 0 Å². The molecule has 1 aromatic carbocycles. The van der Waals surface area contributed by atoms with Gasteiger partial charge in [-0.2, -0.15) is 0 Å². The number of ether oxygens (including phenoxy) is 2. The smallest absolute Gasteiger partial charge is 0.231 e. The molecule has 0 aromatic heterocycles. The molecule has 1 heterocycles. The summed E-state index contributed by atoms with van der Waals surface area (Å²) in [5, 5.41) is 2.98. The monoisotopic (exact) mass is 193 g/mol. The molecule has 1 aliphatic heterocycles. The van der Waals surface area contributed by atoms with E-state index >= 15 is 0 Å². The third kappa shape index (κ3) is 1.32. The van der Waals surface area contributed by atoms with E-state index in [1.54, 1.807) is 6.07 Å². The van der Waals surface area contributed by atoms with Crippen LogP contribution in [0.1, 0.15) is 25.3 Å². The Morgan fingerprint density at radius 1 is 1.29 bits per heavy atom. The van der Waals surface area contributed by atoms with Gasteiger partial charge < -0.3 is 9.47 Å². The molecule has 0 saturated carbocycles. The average Bonchev–Trinajstić information content (AvgIpc) is 2.62. The van der Waals surface area contributed by atoms with E-state index < -0.39 is 0 Å². The first-order chi connectivity index (χ1) is 6.72. The fourth-order valence-corrected chi connectivity index (χ4v) is 1.49. The Kier molecular flexibility index (Phi) is 2.11. The molecule has 2 rings (SSSR count). The van der Waals surface area contributed by atoms with Crippen molar-refractivity contribution in [2.45, 2.75) is 19.8 Å². The zero-order valence-electron chi connectivity index (χ0n) is 8.11. The van der Waals surface area contributed by atoms with E-state index in [-0.39, 0.29) is 12.7 Å². The quantitative estimate of drug-likeness (QED) is 0.678. The fourth-order valence-electron chi connectivity index (χ4n) is 1.49. The summed E-state index contributed by atoms with van der Waals surface area (Å²) < 4.78 is 10.4. The maximum atomic E-state index is 10.6. The maximum absolute atomic E-state index is 10.6. The minimum Gasteiger partial charge on any atom is -0.454 e. The van der Waals surface area contributed by atoms with Crippen molar-refractivity contribution < 1.29 is 9.47 Å². The molecule has 0 aliphatic carbocycles. The van der Waals surface area contributed by atoms with Gasteiger partial charge in [-0.1, -0.05) is 13.8 Å². The van der Waals surface area contributed by atoms with Gasteiger partial charge >= 0.3 is 0 Å². The largest absolute Gasteiger partial charge is 0.454 e. The van der Waals surface area contributed by atoms with Crippen LogP contribution in [0.2, 0.25) is 0 Å². The molecule has 0 saturated heterocycles. The second-order valence-corrected chi connectivity index (χ2v) is 3.51. The van der Waals surface area contributed by atoms with E-state index in [4.69, 9.17) is 9.47 Å². The third-order valence-electron chi connectivity index (χ3n) is 2.24. The fraction of sp³-hybridized carbons (Fsp3) is 0.400. The molecule has 4 nitrogen and oxygen atoms in total. The second-order valence-electron chi connectivity index (χ2n) is 3.51. The first kappa shape index (κ1) is 8.99. The van der Waals surface area contributed by atoms with Crippen molar-refractivity contribution in [2.24, 2.45) is 5.18 Å². The topological polar surface area (TPSA) is 47.9 Å². The summed E-state index contributed by atoms with van der Waals surface area (Å²) in [7, 11) is 0. The molecule has 0 radical (unpaired) electrons. The molecule has 1 aliphatic rings. The predicted molar refractivity (Wildman–Crippen MR) is 52.1 cm³/mol. The third-order valence-corrected chi connectivity index (χ3v) is 2.24. The number of fused-ring (bicyclic) bond motifs is 1. The predicted octanol–water partition coefficient (Wildman–Crippen LogP) is 2.94. The highest BCUT2D eigenvalue weighted by atomic mass is 16.7. The van der Waals surface area contributed by atoms with Crippen LogP contribution in [0.25, 0.3) is 0 Å². The Labute approximate surface area is 81.8 Å². The van der Waals surface area contributed by atoms with Crippen LogP contribution in [0.5, 0.6) is 11.5 Å². The zero-order chi connectivity index (χ0) is 10.1. The standard InChI is InChI=1S/C10H11NO3/c1-6(2)7-3-9-10(14-5-13-9)4-8(7)11-12/h3-4,6H,5H2,1-2H3. The number of hydrogen-bond donors (Lipinski definition) is 0. The van der Waals surface area contributed by atoms with E-state index in [1.165, 1.54) is 0 Å². The molecule has 0 fully saturated rings. The molecule has 0 amide bonds.